The van der Waals surface area contributed by atoms with Gasteiger partial charge in [-0.3, -0.25) is 0 Å². The Bertz CT molecular complexity index is 626. The Morgan fingerprint density at radius 2 is 2.16 bits per heavy atom. The Morgan fingerprint density at radius 3 is 2.84 bits per heavy atom. The summed E-state index contributed by atoms with van der Waals surface area (Å²) in [6, 6.07) is 3.27. The number of rotatable bonds is 4. The van der Waals surface area contributed by atoms with Crippen molar-refractivity contribution in [1.82, 2.24) is 9.97 Å². The molecule has 1 N–H and O–H groups in total. The summed E-state index contributed by atoms with van der Waals surface area (Å²) in [5, 5.41) is 9.42. The fraction of sp³-hybridized carbons (Fsp3) is 0.429. The Balaban J connectivity index is 2.17. The summed E-state index contributed by atoms with van der Waals surface area (Å²) in [4.78, 5) is 8.69. The van der Waals surface area contributed by atoms with Crippen LogP contribution in [0, 0.1) is 12.7 Å². The van der Waals surface area contributed by atoms with E-state index in [0.29, 0.717) is 28.5 Å². The van der Waals surface area contributed by atoms with Gasteiger partial charge in [-0.1, -0.05) is 0 Å². The molecule has 5 heteroatoms. The van der Waals surface area contributed by atoms with Gasteiger partial charge in [0.05, 0.1) is 12.0 Å². The van der Waals surface area contributed by atoms with Crippen LogP contribution in [0.3, 0.4) is 0 Å². The number of fused-ring (bicyclic) bond motifs is 1. The third kappa shape index (κ3) is 2.38. The fourth-order valence-electron chi connectivity index (χ4n) is 2.09. The van der Waals surface area contributed by atoms with E-state index in [1.54, 1.807) is 0 Å². The average Bonchev–Trinajstić information content (AvgIpc) is 3.20. The second kappa shape index (κ2) is 4.74. The molecule has 1 aliphatic rings. The highest BCUT2D eigenvalue weighted by Gasteiger charge is 2.28. The largest absolute Gasteiger partial charge is 0.475 e. The van der Waals surface area contributed by atoms with Gasteiger partial charge in [-0.25, -0.2) is 9.37 Å². The van der Waals surface area contributed by atoms with Crippen molar-refractivity contribution in [3.05, 3.63) is 29.3 Å². The van der Waals surface area contributed by atoms with Gasteiger partial charge in [0.2, 0.25) is 5.88 Å². The highest BCUT2D eigenvalue weighted by Crippen LogP contribution is 2.40. The summed E-state index contributed by atoms with van der Waals surface area (Å²) in [7, 11) is 0. The first-order chi connectivity index (χ1) is 9.19. The number of ether oxygens (including phenoxy) is 1. The highest BCUT2D eigenvalue weighted by atomic mass is 19.1. The van der Waals surface area contributed by atoms with E-state index in [9.17, 15) is 4.39 Å². The number of hydrogen-bond donors (Lipinski definition) is 1. The van der Waals surface area contributed by atoms with Crippen molar-refractivity contribution < 1.29 is 14.2 Å². The van der Waals surface area contributed by atoms with Crippen molar-refractivity contribution in [1.29, 1.82) is 0 Å². The first-order valence-electron chi connectivity index (χ1n) is 6.40. The highest BCUT2D eigenvalue weighted by molar-refractivity contribution is 5.84. The summed E-state index contributed by atoms with van der Waals surface area (Å²) >= 11 is 0. The molecule has 0 saturated heterocycles. The van der Waals surface area contributed by atoms with Crippen LogP contribution in [-0.4, -0.2) is 28.3 Å². The SMILES string of the molecule is Cc1cc(F)c2nc(C3CC3)nc(OCCO)c2c1. The van der Waals surface area contributed by atoms with Crippen LogP contribution in [0.4, 0.5) is 4.39 Å². The molecule has 0 amide bonds. The number of benzene rings is 1. The second-order valence-corrected chi connectivity index (χ2v) is 4.88. The summed E-state index contributed by atoms with van der Waals surface area (Å²) in [5.74, 6) is 0.974. The number of nitrogens with zero attached hydrogens (tertiary/aromatic N) is 2. The van der Waals surface area contributed by atoms with Crippen LogP contribution in [0.2, 0.25) is 0 Å². The van der Waals surface area contributed by atoms with Gasteiger partial charge in [-0.2, -0.15) is 4.98 Å². The third-order valence-corrected chi connectivity index (χ3v) is 3.15. The summed E-state index contributed by atoms with van der Waals surface area (Å²) in [6.07, 6.45) is 2.08. The normalized spacial score (nSPS) is 14.9. The van der Waals surface area contributed by atoms with Crippen molar-refractivity contribution in [3.63, 3.8) is 0 Å². The summed E-state index contributed by atoms with van der Waals surface area (Å²) in [6.45, 7) is 1.86. The van der Waals surface area contributed by atoms with E-state index in [1.807, 2.05) is 13.0 Å². The van der Waals surface area contributed by atoms with Crippen molar-refractivity contribution in [2.24, 2.45) is 0 Å². The number of halogens is 1. The number of hydrogen-bond acceptors (Lipinski definition) is 4. The van der Waals surface area contributed by atoms with E-state index in [1.165, 1.54) is 6.07 Å². The van der Waals surface area contributed by atoms with Crippen LogP contribution in [0.1, 0.15) is 30.1 Å². The Kier molecular flexibility index (Phi) is 3.06. The predicted octanol–water partition coefficient (Wildman–Crippen LogP) is 2.33. The van der Waals surface area contributed by atoms with Crippen LogP contribution in [0.25, 0.3) is 10.9 Å². The van der Waals surface area contributed by atoms with E-state index in [4.69, 9.17) is 9.84 Å². The van der Waals surface area contributed by atoms with Gasteiger partial charge in [-0.05, 0) is 37.5 Å². The number of aliphatic hydroxyl groups is 1. The van der Waals surface area contributed by atoms with Crippen LogP contribution >= 0.6 is 0 Å². The maximum absolute atomic E-state index is 14.0. The van der Waals surface area contributed by atoms with Crippen molar-refractivity contribution in [2.75, 3.05) is 13.2 Å². The van der Waals surface area contributed by atoms with Gasteiger partial charge in [0.25, 0.3) is 0 Å². The van der Waals surface area contributed by atoms with Gasteiger partial charge >= 0.3 is 0 Å². The fourth-order valence-corrected chi connectivity index (χ4v) is 2.09. The molecule has 100 valence electrons. The molecule has 1 heterocycles. The molecule has 4 nitrogen and oxygen atoms in total. The van der Waals surface area contributed by atoms with E-state index in [0.717, 1.165) is 18.4 Å². The molecule has 0 radical (unpaired) electrons. The minimum Gasteiger partial charge on any atom is -0.475 e. The quantitative estimate of drug-likeness (QED) is 0.918. The van der Waals surface area contributed by atoms with Crippen molar-refractivity contribution >= 4 is 10.9 Å². The topological polar surface area (TPSA) is 55.2 Å². The smallest absolute Gasteiger partial charge is 0.224 e. The molecule has 1 saturated carbocycles. The molecule has 2 aromatic rings. The van der Waals surface area contributed by atoms with Crippen LogP contribution in [-0.2, 0) is 0 Å². The number of aliphatic hydroxyl groups excluding tert-OH is 1. The van der Waals surface area contributed by atoms with Crippen LogP contribution in [0.5, 0.6) is 5.88 Å². The van der Waals surface area contributed by atoms with Crippen molar-refractivity contribution in [2.45, 2.75) is 25.7 Å². The van der Waals surface area contributed by atoms with E-state index >= 15 is 0 Å². The first-order valence-corrected chi connectivity index (χ1v) is 6.40. The molecule has 0 bridgehead atoms. The Hall–Kier alpha value is -1.75. The standard InChI is InChI=1S/C14H15FN2O2/c1-8-6-10-12(11(15)7-8)16-13(9-2-3-9)17-14(10)19-5-4-18/h6-7,9,18H,2-5H2,1H3. The maximum atomic E-state index is 14.0. The zero-order valence-corrected chi connectivity index (χ0v) is 10.7. The Morgan fingerprint density at radius 1 is 1.37 bits per heavy atom. The predicted molar refractivity (Wildman–Crippen MR) is 68.8 cm³/mol. The molecule has 0 atom stereocenters. The lowest BCUT2D eigenvalue weighted by Crippen LogP contribution is -2.06. The van der Waals surface area contributed by atoms with Crippen LogP contribution < -0.4 is 4.74 Å². The molecule has 0 unspecified atom stereocenters. The van der Waals surface area contributed by atoms with Gasteiger partial charge in [0.1, 0.15) is 23.8 Å². The van der Waals surface area contributed by atoms with Gasteiger partial charge in [-0.15, -0.1) is 0 Å². The molecular formula is C14H15FN2O2. The zero-order valence-electron chi connectivity index (χ0n) is 10.7. The summed E-state index contributed by atoms with van der Waals surface area (Å²) < 4.78 is 19.4. The molecular weight excluding hydrogens is 247 g/mol. The second-order valence-electron chi connectivity index (χ2n) is 4.88. The Labute approximate surface area is 110 Å². The average molecular weight is 262 g/mol. The zero-order chi connectivity index (χ0) is 13.4. The third-order valence-electron chi connectivity index (χ3n) is 3.15. The lowest BCUT2D eigenvalue weighted by molar-refractivity contribution is 0.198. The first kappa shape index (κ1) is 12.3. The molecule has 3 rings (SSSR count). The molecule has 1 fully saturated rings. The minimum atomic E-state index is -0.354. The van der Waals surface area contributed by atoms with Crippen LogP contribution in [0.15, 0.2) is 12.1 Å². The monoisotopic (exact) mass is 262 g/mol. The van der Waals surface area contributed by atoms with E-state index in [-0.39, 0.29) is 19.0 Å². The summed E-state index contributed by atoms with van der Waals surface area (Å²) in [5.41, 5.74) is 1.09. The number of aryl methyl sites for hydroxylation is 1. The molecule has 19 heavy (non-hydrogen) atoms. The minimum absolute atomic E-state index is 0.0987. The lowest BCUT2D eigenvalue weighted by Gasteiger charge is -2.10. The van der Waals surface area contributed by atoms with Gasteiger partial charge < -0.3 is 9.84 Å². The maximum Gasteiger partial charge on any atom is 0.224 e. The van der Waals surface area contributed by atoms with E-state index in [2.05, 4.69) is 9.97 Å². The molecule has 1 aromatic carbocycles. The molecule has 0 aliphatic heterocycles. The van der Waals surface area contributed by atoms with E-state index < -0.39 is 0 Å². The number of aromatic nitrogens is 2. The molecule has 1 aromatic heterocycles. The van der Waals surface area contributed by atoms with Gasteiger partial charge in [0.15, 0.2) is 0 Å². The van der Waals surface area contributed by atoms with Gasteiger partial charge in [0, 0.05) is 5.92 Å². The lowest BCUT2D eigenvalue weighted by atomic mass is 10.1. The van der Waals surface area contributed by atoms with Crippen molar-refractivity contribution in [3.8, 4) is 5.88 Å². The molecule has 1 aliphatic carbocycles. The molecule has 0 spiro atoms.